The molecule has 1 heterocycles. The Labute approximate surface area is 82.3 Å². The van der Waals surface area contributed by atoms with Gasteiger partial charge in [-0.05, 0) is 24.6 Å². The molecule has 1 aromatic carbocycles. The zero-order chi connectivity index (χ0) is 10.3. The molecule has 0 aliphatic carbocycles. The molecule has 0 radical (unpaired) electrons. The van der Waals surface area contributed by atoms with Crippen LogP contribution in [0.25, 0.3) is 0 Å². The maximum absolute atomic E-state index is 11.3. The first-order valence-corrected chi connectivity index (χ1v) is 4.39. The number of hydrogen-bond donors (Lipinski definition) is 1. The van der Waals surface area contributed by atoms with Crippen LogP contribution in [0.5, 0.6) is 5.75 Å². The van der Waals surface area contributed by atoms with E-state index in [1.54, 1.807) is 11.9 Å². The van der Waals surface area contributed by atoms with E-state index >= 15 is 0 Å². The predicted molar refractivity (Wildman–Crippen MR) is 54.5 cm³/mol. The molecule has 1 aliphatic heterocycles. The molecule has 0 atom stereocenters. The standard InChI is InChI=1S/C10H12N2O2/c1-6-3-7(11)10-8(4-6)12(2)9(13)5-14-10/h3-4H,5,11H2,1-2H3. The number of benzene rings is 1. The molecule has 0 fully saturated rings. The van der Waals surface area contributed by atoms with Crippen molar-refractivity contribution in [3.63, 3.8) is 0 Å². The molecule has 0 unspecified atom stereocenters. The minimum Gasteiger partial charge on any atom is -0.479 e. The van der Waals surface area contributed by atoms with Crippen LogP contribution in [0.15, 0.2) is 12.1 Å². The second-order valence-electron chi connectivity index (χ2n) is 3.44. The number of likely N-dealkylation sites (N-methyl/N-ethyl adjacent to an activating group) is 1. The molecule has 2 N–H and O–H groups in total. The first-order valence-electron chi connectivity index (χ1n) is 4.39. The zero-order valence-electron chi connectivity index (χ0n) is 8.20. The average Bonchev–Trinajstić information content (AvgIpc) is 2.12. The van der Waals surface area contributed by atoms with Gasteiger partial charge in [-0.3, -0.25) is 4.79 Å². The van der Waals surface area contributed by atoms with E-state index in [2.05, 4.69) is 0 Å². The van der Waals surface area contributed by atoms with Gasteiger partial charge in [0.15, 0.2) is 12.4 Å². The van der Waals surface area contributed by atoms with E-state index in [0.29, 0.717) is 11.4 Å². The van der Waals surface area contributed by atoms with Crippen molar-refractivity contribution in [2.24, 2.45) is 0 Å². The summed E-state index contributed by atoms with van der Waals surface area (Å²) in [5.41, 5.74) is 8.14. The Hall–Kier alpha value is -1.71. The normalized spacial score (nSPS) is 15.0. The largest absolute Gasteiger partial charge is 0.479 e. The summed E-state index contributed by atoms with van der Waals surface area (Å²) < 4.78 is 5.28. The van der Waals surface area contributed by atoms with E-state index in [1.165, 1.54) is 0 Å². The number of carbonyl (C=O) groups excluding carboxylic acids is 1. The van der Waals surface area contributed by atoms with Gasteiger partial charge in [0, 0.05) is 7.05 Å². The van der Waals surface area contributed by atoms with Gasteiger partial charge in [0.05, 0.1) is 11.4 Å². The van der Waals surface area contributed by atoms with Crippen LogP contribution in [0, 0.1) is 6.92 Å². The molecular weight excluding hydrogens is 180 g/mol. The lowest BCUT2D eigenvalue weighted by Crippen LogP contribution is -2.35. The van der Waals surface area contributed by atoms with Crippen molar-refractivity contribution in [1.82, 2.24) is 0 Å². The van der Waals surface area contributed by atoms with Crippen molar-refractivity contribution in [2.75, 3.05) is 24.3 Å². The molecule has 1 aromatic rings. The van der Waals surface area contributed by atoms with Gasteiger partial charge in [-0.25, -0.2) is 0 Å². The molecular formula is C10H12N2O2. The number of ether oxygens (including phenoxy) is 1. The SMILES string of the molecule is Cc1cc(N)c2c(c1)N(C)C(=O)CO2. The summed E-state index contributed by atoms with van der Waals surface area (Å²) in [5.74, 6) is 0.556. The number of rotatable bonds is 0. The molecule has 0 spiro atoms. The van der Waals surface area contributed by atoms with Crippen LogP contribution in [0.1, 0.15) is 5.56 Å². The van der Waals surface area contributed by atoms with Gasteiger partial charge < -0.3 is 15.4 Å². The number of anilines is 2. The smallest absolute Gasteiger partial charge is 0.264 e. The van der Waals surface area contributed by atoms with Crippen molar-refractivity contribution in [3.8, 4) is 5.75 Å². The van der Waals surface area contributed by atoms with Crippen LogP contribution in [0.4, 0.5) is 11.4 Å². The molecule has 1 aliphatic rings. The fourth-order valence-electron chi connectivity index (χ4n) is 1.55. The van der Waals surface area contributed by atoms with E-state index in [-0.39, 0.29) is 12.5 Å². The fraction of sp³-hybridized carbons (Fsp3) is 0.300. The number of nitrogens with zero attached hydrogens (tertiary/aromatic N) is 1. The van der Waals surface area contributed by atoms with Crippen molar-refractivity contribution >= 4 is 17.3 Å². The van der Waals surface area contributed by atoms with Crippen LogP contribution in [-0.4, -0.2) is 19.6 Å². The summed E-state index contributed by atoms with van der Waals surface area (Å²) in [4.78, 5) is 12.9. The summed E-state index contributed by atoms with van der Waals surface area (Å²) in [6.07, 6.45) is 0. The Kier molecular flexibility index (Phi) is 1.84. The lowest BCUT2D eigenvalue weighted by atomic mass is 10.1. The Morgan fingerprint density at radius 1 is 1.50 bits per heavy atom. The molecule has 0 saturated carbocycles. The number of aryl methyl sites for hydroxylation is 1. The third kappa shape index (κ3) is 1.19. The van der Waals surface area contributed by atoms with Crippen molar-refractivity contribution < 1.29 is 9.53 Å². The number of carbonyl (C=O) groups is 1. The Morgan fingerprint density at radius 3 is 2.93 bits per heavy atom. The van der Waals surface area contributed by atoms with Gasteiger partial charge in [-0.15, -0.1) is 0 Å². The molecule has 74 valence electrons. The minimum absolute atomic E-state index is 0.0532. The third-order valence-electron chi connectivity index (χ3n) is 2.32. The van der Waals surface area contributed by atoms with Gasteiger partial charge in [-0.1, -0.05) is 0 Å². The minimum atomic E-state index is -0.0532. The monoisotopic (exact) mass is 192 g/mol. The molecule has 1 amide bonds. The first-order chi connectivity index (χ1) is 6.59. The fourth-order valence-corrected chi connectivity index (χ4v) is 1.55. The average molecular weight is 192 g/mol. The molecule has 0 bridgehead atoms. The van der Waals surface area contributed by atoms with E-state index in [4.69, 9.17) is 10.5 Å². The van der Waals surface area contributed by atoms with Crippen molar-refractivity contribution in [1.29, 1.82) is 0 Å². The summed E-state index contributed by atoms with van der Waals surface area (Å²) in [6, 6.07) is 3.73. The summed E-state index contributed by atoms with van der Waals surface area (Å²) in [5, 5.41) is 0. The van der Waals surface area contributed by atoms with E-state index in [1.807, 2.05) is 19.1 Å². The number of hydrogen-bond acceptors (Lipinski definition) is 3. The molecule has 2 rings (SSSR count). The topological polar surface area (TPSA) is 55.6 Å². The van der Waals surface area contributed by atoms with Gasteiger partial charge >= 0.3 is 0 Å². The number of nitrogen functional groups attached to an aromatic ring is 1. The highest BCUT2D eigenvalue weighted by Crippen LogP contribution is 2.37. The highest BCUT2D eigenvalue weighted by atomic mass is 16.5. The summed E-state index contributed by atoms with van der Waals surface area (Å²) >= 11 is 0. The van der Waals surface area contributed by atoms with Crippen molar-refractivity contribution in [2.45, 2.75) is 6.92 Å². The van der Waals surface area contributed by atoms with Crippen LogP contribution in [0.2, 0.25) is 0 Å². The predicted octanol–water partition coefficient (Wildman–Crippen LogP) is 0.932. The zero-order valence-corrected chi connectivity index (χ0v) is 8.20. The summed E-state index contributed by atoms with van der Waals surface area (Å²) in [7, 11) is 1.72. The molecule has 4 nitrogen and oxygen atoms in total. The molecule has 0 aromatic heterocycles. The number of amides is 1. The maximum Gasteiger partial charge on any atom is 0.264 e. The van der Waals surface area contributed by atoms with Crippen LogP contribution in [-0.2, 0) is 4.79 Å². The Bertz CT molecular complexity index is 401. The Balaban J connectivity index is 2.59. The number of fused-ring (bicyclic) bond motifs is 1. The van der Waals surface area contributed by atoms with Gasteiger partial charge in [0.1, 0.15) is 0 Å². The molecule has 0 saturated heterocycles. The lowest BCUT2D eigenvalue weighted by molar-refractivity contribution is -0.120. The van der Waals surface area contributed by atoms with Crippen LogP contribution < -0.4 is 15.4 Å². The molecule has 14 heavy (non-hydrogen) atoms. The van der Waals surface area contributed by atoms with Crippen LogP contribution >= 0.6 is 0 Å². The lowest BCUT2D eigenvalue weighted by Gasteiger charge is -2.27. The van der Waals surface area contributed by atoms with Crippen molar-refractivity contribution in [3.05, 3.63) is 17.7 Å². The van der Waals surface area contributed by atoms with Gasteiger partial charge in [0.2, 0.25) is 0 Å². The summed E-state index contributed by atoms with van der Waals surface area (Å²) in [6.45, 7) is 2.00. The quantitative estimate of drug-likeness (QED) is 0.622. The Morgan fingerprint density at radius 2 is 2.21 bits per heavy atom. The van der Waals surface area contributed by atoms with E-state index < -0.39 is 0 Å². The van der Waals surface area contributed by atoms with E-state index in [0.717, 1.165) is 11.3 Å². The number of nitrogens with two attached hydrogens (primary N) is 1. The van der Waals surface area contributed by atoms with Gasteiger partial charge in [0.25, 0.3) is 5.91 Å². The molecule has 4 heteroatoms. The van der Waals surface area contributed by atoms with Gasteiger partial charge in [-0.2, -0.15) is 0 Å². The third-order valence-corrected chi connectivity index (χ3v) is 2.32. The highest BCUT2D eigenvalue weighted by molar-refractivity contribution is 5.98. The van der Waals surface area contributed by atoms with Crippen LogP contribution in [0.3, 0.4) is 0 Å². The van der Waals surface area contributed by atoms with E-state index in [9.17, 15) is 4.79 Å². The second-order valence-corrected chi connectivity index (χ2v) is 3.44. The maximum atomic E-state index is 11.3. The highest BCUT2D eigenvalue weighted by Gasteiger charge is 2.23. The second kappa shape index (κ2) is 2.90. The first kappa shape index (κ1) is 8.87.